The van der Waals surface area contributed by atoms with Crippen LogP contribution in [0.25, 0.3) is 0 Å². The summed E-state index contributed by atoms with van der Waals surface area (Å²) in [5, 5.41) is 14.0. The van der Waals surface area contributed by atoms with E-state index in [1.165, 1.54) is 327 Å². The van der Waals surface area contributed by atoms with Crippen molar-refractivity contribution >= 4 is 13.7 Å². The zero-order valence-electron chi connectivity index (χ0n) is 54.8. The molecule has 9 heteroatoms. The van der Waals surface area contributed by atoms with Gasteiger partial charge in [-0.05, 0) is 19.3 Å². The van der Waals surface area contributed by atoms with Crippen molar-refractivity contribution in [1.29, 1.82) is 0 Å². The van der Waals surface area contributed by atoms with E-state index in [0.29, 0.717) is 17.4 Å². The molecule has 0 bridgehead atoms. The number of nitrogens with zero attached hydrogens (tertiary/aromatic N) is 1. The number of phosphoric ester groups is 1. The highest BCUT2D eigenvalue weighted by Gasteiger charge is 2.23. The summed E-state index contributed by atoms with van der Waals surface area (Å²) in [6, 6.07) is -0.883. The van der Waals surface area contributed by atoms with E-state index in [2.05, 4.69) is 19.2 Å². The van der Waals surface area contributed by atoms with Crippen LogP contribution in [0.3, 0.4) is 0 Å². The highest BCUT2D eigenvalue weighted by molar-refractivity contribution is 7.45. The van der Waals surface area contributed by atoms with Gasteiger partial charge < -0.3 is 28.8 Å². The van der Waals surface area contributed by atoms with Gasteiger partial charge in [0.25, 0.3) is 7.82 Å². The van der Waals surface area contributed by atoms with Gasteiger partial charge in [0.15, 0.2) is 0 Å². The number of amides is 1. The van der Waals surface area contributed by atoms with Gasteiger partial charge in [0.05, 0.1) is 39.9 Å². The Labute approximate surface area is 501 Å². The minimum Gasteiger partial charge on any atom is -0.756 e. The molecular formula is C71H143N2O6P. The molecule has 0 rings (SSSR count). The molecule has 3 unspecified atom stereocenters. The fourth-order valence-electron chi connectivity index (χ4n) is 11.4. The largest absolute Gasteiger partial charge is 0.756 e. The molecule has 0 aliphatic carbocycles. The van der Waals surface area contributed by atoms with Gasteiger partial charge in [-0.15, -0.1) is 0 Å². The Kier molecular flexibility index (Phi) is 62.2. The number of carbonyl (C=O) groups excluding carboxylic acids is 1. The molecule has 0 fully saturated rings. The lowest BCUT2D eigenvalue weighted by molar-refractivity contribution is -0.870. The number of quaternary nitrogens is 1. The Morgan fingerprint density at radius 3 is 0.938 bits per heavy atom. The average Bonchev–Trinajstić information content (AvgIpc) is 3.42. The van der Waals surface area contributed by atoms with E-state index in [-0.39, 0.29) is 19.1 Å². The summed E-state index contributed by atoms with van der Waals surface area (Å²) in [4.78, 5) is 25.6. The molecule has 0 aliphatic heterocycles. The first kappa shape index (κ1) is 79.2. The van der Waals surface area contributed by atoms with Crippen LogP contribution >= 0.6 is 7.82 Å². The standard InChI is InChI=1S/C71H143N2O6P/c1-6-8-10-12-14-16-18-20-22-24-26-28-29-30-31-32-33-34-35-36-37-38-39-40-41-42-43-45-47-49-51-53-55-57-59-61-63-65-71(75)72-69(68-79-80(76,77)78-67-66-73(3,4)5)70(74)64-62-60-58-56-54-52-50-48-46-44-27-25-23-21-19-17-15-13-11-9-7-2/h62,64,69-70,74H,6-61,63,65-68H2,1-5H3,(H-,72,75,76,77)/b64-62+. The quantitative estimate of drug-likeness (QED) is 0.0272. The number of aliphatic hydroxyl groups is 1. The Balaban J connectivity index is 3.92. The average molecular weight is 1150 g/mol. The molecule has 1 amide bonds. The fourth-order valence-corrected chi connectivity index (χ4v) is 12.1. The van der Waals surface area contributed by atoms with Gasteiger partial charge >= 0.3 is 0 Å². The van der Waals surface area contributed by atoms with Crippen molar-refractivity contribution in [3.63, 3.8) is 0 Å². The summed E-state index contributed by atoms with van der Waals surface area (Å²) in [6.07, 6.45) is 80.7. The predicted molar refractivity (Wildman–Crippen MR) is 349 cm³/mol. The summed E-state index contributed by atoms with van der Waals surface area (Å²) >= 11 is 0. The Morgan fingerprint density at radius 1 is 0.425 bits per heavy atom. The van der Waals surface area contributed by atoms with Crippen molar-refractivity contribution in [2.45, 2.75) is 398 Å². The zero-order chi connectivity index (χ0) is 58.4. The van der Waals surface area contributed by atoms with Crippen LogP contribution in [-0.2, 0) is 18.4 Å². The molecule has 0 aromatic rings. The highest BCUT2D eigenvalue weighted by Crippen LogP contribution is 2.38. The third kappa shape index (κ3) is 64.8. The molecule has 3 atom stereocenters. The molecule has 0 spiro atoms. The molecule has 8 nitrogen and oxygen atoms in total. The maximum absolute atomic E-state index is 13.0. The molecule has 0 saturated heterocycles. The summed E-state index contributed by atoms with van der Waals surface area (Å²) in [5.41, 5.74) is 0. The number of aliphatic hydroxyl groups excluding tert-OH is 1. The van der Waals surface area contributed by atoms with E-state index in [1.807, 2.05) is 27.2 Å². The smallest absolute Gasteiger partial charge is 0.268 e. The van der Waals surface area contributed by atoms with Crippen LogP contribution in [0.5, 0.6) is 0 Å². The van der Waals surface area contributed by atoms with Gasteiger partial charge in [0.2, 0.25) is 5.91 Å². The Bertz CT molecular complexity index is 1310. The summed E-state index contributed by atoms with van der Waals surface area (Å²) < 4.78 is 23.5. The van der Waals surface area contributed by atoms with E-state index in [1.54, 1.807) is 6.08 Å². The number of likely N-dealkylation sites (N-methyl/N-ethyl adjacent to an activating group) is 1. The van der Waals surface area contributed by atoms with Crippen molar-refractivity contribution in [1.82, 2.24) is 5.32 Å². The first-order chi connectivity index (χ1) is 39.0. The molecule has 0 heterocycles. The normalized spacial score (nSPS) is 13.6. The van der Waals surface area contributed by atoms with Crippen LogP contribution in [0.2, 0.25) is 0 Å². The first-order valence-corrected chi connectivity index (χ1v) is 37.5. The number of rotatable bonds is 68. The van der Waals surface area contributed by atoms with E-state index in [0.717, 1.165) is 38.5 Å². The van der Waals surface area contributed by atoms with E-state index in [4.69, 9.17) is 9.05 Å². The third-order valence-electron chi connectivity index (χ3n) is 17.0. The molecular weight excluding hydrogens is 1010 g/mol. The van der Waals surface area contributed by atoms with Crippen LogP contribution in [0.1, 0.15) is 386 Å². The topological polar surface area (TPSA) is 108 Å². The van der Waals surface area contributed by atoms with Crippen molar-refractivity contribution in [2.24, 2.45) is 0 Å². The lowest BCUT2D eigenvalue weighted by Crippen LogP contribution is -2.45. The van der Waals surface area contributed by atoms with Gasteiger partial charge in [0.1, 0.15) is 13.2 Å². The number of carbonyl (C=O) groups is 1. The maximum Gasteiger partial charge on any atom is 0.268 e. The number of unbranched alkanes of at least 4 members (excludes halogenated alkanes) is 55. The second-order valence-corrected chi connectivity index (χ2v) is 27.7. The predicted octanol–water partition coefficient (Wildman–Crippen LogP) is 22.3. The van der Waals surface area contributed by atoms with Crippen molar-refractivity contribution in [2.75, 3.05) is 40.9 Å². The monoisotopic (exact) mass is 1150 g/mol. The first-order valence-electron chi connectivity index (χ1n) is 36.1. The molecule has 0 radical (unpaired) electrons. The van der Waals surface area contributed by atoms with Crippen molar-refractivity contribution in [3.05, 3.63) is 12.2 Å². The van der Waals surface area contributed by atoms with Gasteiger partial charge in [0, 0.05) is 6.42 Å². The lowest BCUT2D eigenvalue weighted by atomic mass is 10.0. The minimum absolute atomic E-state index is 0.00295. The van der Waals surface area contributed by atoms with Crippen LogP contribution in [-0.4, -0.2) is 68.5 Å². The zero-order valence-corrected chi connectivity index (χ0v) is 55.7. The maximum atomic E-state index is 13.0. The van der Waals surface area contributed by atoms with Gasteiger partial charge in [-0.2, -0.15) is 0 Å². The Hall–Kier alpha value is -0.760. The Morgan fingerprint density at radius 2 is 0.675 bits per heavy atom. The van der Waals surface area contributed by atoms with Gasteiger partial charge in [-0.25, -0.2) is 0 Å². The number of allylic oxidation sites excluding steroid dienone is 1. The summed E-state index contributed by atoms with van der Waals surface area (Å²) in [5.74, 6) is -0.187. The van der Waals surface area contributed by atoms with Crippen molar-refractivity contribution in [3.8, 4) is 0 Å². The molecule has 478 valence electrons. The second kappa shape index (κ2) is 62.8. The fraction of sp³-hybridized carbons (Fsp3) is 0.958. The molecule has 80 heavy (non-hydrogen) atoms. The second-order valence-electron chi connectivity index (χ2n) is 26.3. The SMILES string of the molecule is CCCCCCCCCCCCCCCCCCCCC/C=C/C(O)C(COP(=O)([O-])OCC[N+](C)(C)C)NC(=O)CCCCCCCCCCCCCCCCCCCCCCCCCCCCCCCCCCCCCCC. The molecule has 0 saturated carbocycles. The van der Waals surface area contributed by atoms with Crippen LogP contribution in [0, 0.1) is 0 Å². The highest BCUT2D eigenvalue weighted by atomic mass is 31.2. The molecule has 0 aromatic carbocycles. The van der Waals surface area contributed by atoms with Crippen molar-refractivity contribution < 1.29 is 32.9 Å². The number of hydrogen-bond donors (Lipinski definition) is 2. The van der Waals surface area contributed by atoms with Crippen LogP contribution in [0.15, 0.2) is 12.2 Å². The van der Waals surface area contributed by atoms with Crippen LogP contribution in [0.4, 0.5) is 0 Å². The van der Waals surface area contributed by atoms with Crippen LogP contribution < -0.4 is 10.2 Å². The van der Waals surface area contributed by atoms with Gasteiger partial charge in [-0.1, -0.05) is 373 Å². The third-order valence-corrected chi connectivity index (χ3v) is 18.0. The van der Waals surface area contributed by atoms with E-state index >= 15 is 0 Å². The lowest BCUT2D eigenvalue weighted by Gasteiger charge is -2.29. The van der Waals surface area contributed by atoms with E-state index in [9.17, 15) is 19.4 Å². The molecule has 0 aliphatic rings. The van der Waals surface area contributed by atoms with E-state index < -0.39 is 20.0 Å². The van der Waals surface area contributed by atoms with Gasteiger partial charge in [-0.3, -0.25) is 9.36 Å². The molecule has 2 N–H and O–H groups in total. The number of hydrogen-bond acceptors (Lipinski definition) is 6. The minimum atomic E-state index is -4.60. The summed E-state index contributed by atoms with van der Waals surface area (Å²) in [6.45, 7) is 4.72. The summed E-state index contributed by atoms with van der Waals surface area (Å²) in [7, 11) is 1.28. The number of phosphoric acid groups is 1. The molecule has 0 aromatic heterocycles. The number of nitrogens with one attached hydrogen (secondary N) is 1.